The van der Waals surface area contributed by atoms with Crippen LogP contribution in [0.2, 0.25) is 0 Å². The van der Waals surface area contributed by atoms with Crippen LogP contribution in [-0.4, -0.2) is 5.78 Å². The first-order chi connectivity index (χ1) is 8.15. The van der Waals surface area contributed by atoms with Gasteiger partial charge in [-0.25, -0.2) is 0 Å². The molecule has 0 N–H and O–H groups in total. The molecular weight excluding hydrogens is 296 g/mol. The average Bonchev–Trinajstić information content (AvgIpc) is 2.77. The van der Waals surface area contributed by atoms with Gasteiger partial charge in [-0.15, -0.1) is 11.3 Å². The second-order valence-electron chi connectivity index (χ2n) is 4.02. The van der Waals surface area contributed by atoms with Crippen molar-refractivity contribution in [3.05, 3.63) is 56.2 Å². The molecule has 0 unspecified atom stereocenters. The number of carbonyl (C=O) groups is 1. The molecule has 88 valence electrons. The molecule has 2 rings (SSSR count). The first kappa shape index (κ1) is 12.5. The first-order valence-corrected chi connectivity index (χ1v) is 7.15. The third-order valence-electron chi connectivity index (χ3n) is 2.54. The largest absolute Gasteiger partial charge is 0.294 e. The van der Waals surface area contributed by atoms with Crippen molar-refractivity contribution >= 4 is 33.0 Å². The van der Waals surface area contributed by atoms with E-state index in [1.54, 1.807) is 11.3 Å². The van der Waals surface area contributed by atoms with Crippen molar-refractivity contribution in [3.63, 3.8) is 0 Å². The Hall–Kier alpha value is -0.930. The molecule has 0 fully saturated rings. The lowest BCUT2D eigenvalue weighted by Gasteiger charge is -2.03. The van der Waals surface area contributed by atoms with Crippen LogP contribution in [0.1, 0.15) is 27.2 Å². The van der Waals surface area contributed by atoms with Crippen LogP contribution >= 0.6 is 27.3 Å². The van der Waals surface area contributed by atoms with Gasteiger partial charge < -0.3 is 0 Å². The van der Waals surface area contributed by atoms with Gasteiger partial charge in [0, 0.05) is 21.3 Å². The summed E-state index contributed by atoms with van der Waals surface area (Å²) < 4.78 is 0.969. The van der Waals surface area contributed by atoms with E-state index in [1.165, 1.54) is 4.88 Å². The maximum atomic E-state index is 12.0. The van der Waals surface area contributed by atoms with E-state index in [4.69, 9.17) is 0 Å². The molecule has 0 atom stereocenters. The number of ketones is 1. The third-order valence-corrected chi connectivity index (χ3v) is 3.94. The molecule has 17 heavy (non-hydrogen) atoms. The van der Waals surface area contributed by atoms with E-state index < -0.39 is 0 Å². The van der Waals surface area contributed by atoms with E-state index in [2.05, 4.69) is 22.0 Å². The SMILES string of the molecule is Cc1cc(Br)cc(C(=O)CCc2cccs2)c1. The van der Waals surface area contributed by atoms with Gasteiger partial charge in [0.15, 0.2) is 5.78 Å². The summed E-state index contributed by atoms with van der Waals surface area (Å²) >= 11 is 5.13. The van der Waals surface area contributed by atoms with Gasteiger partial charge in [-0.3, -0.25) is 4.79 Å². The van der Waals surface area contributed by atoms with Crippen LogP contribution in [0.15, 0.2) is 40.2 Å². The maximum absolute atomic E-state index is 12.0. The molecule has 0 bridgehead atoms. The average molecular weight is 309 g/mol. The number of carbonyl (C=O) groups excluding carboxylic acids is 1. The summed E-state index contributed by atoms with van der Waals surface area (Å²) in [6, 6.07) is 9.94. The highest BCUT2D eigenvalue weighted by Crippen LogP contribution is 2.18. The number of rotatable bonds is 4. The van der Waals surface area contributed by atoms with Gasteiger partial charge in [-0.1, -0.05) is 22.0 Å². The molecule has 1 aromatic heterocycles. The van der Waals surface area contributed by atoms with E-state index in [9.17, 15) is 4.79 Å². The standard InChI is InChI=1S/C14H13BrOS/c1-10-7-11(9-12(15)8-10)14(16)5-4-13-3-2-6-17-13/h2-3,6-9H,4-5H2,1H3. The minimum absolute atomic E-state index is 0.211. The van der Waals surface area contributed by atoms with Gasteiger partial charge >= 0.3 is 0 Å². The van der Waals surface area contributed by atoms with Gasteiger partial charge in [0.1, 0.15) is 0 Å². The predicted molar refractivity (Wildman–Crippen MR) is 75.8 cm³/mol. The highest BCUT2D eigenvalue weighted by Gasteiger charge is 2.08. The van der Waals surface area contributed by atoms with Crippen molar-refractivity contribution in [2.45, 2.75) is 19.8 Å². The minimum atomic E-state index is 0.211. The van der Waals surface area contributed by atoms with Gasteiger partial charge in [0.2, 0.25) is 0 Å². The number of Topliss-reactive ketones (excluding diaryl/α,β-unsaturated/α-hetero) is 1. The van der Waals surface area contributed by atoms with E-state index in [-0.39, 0.29) is 5.78 Å². The van der Waals surface area contributed by atoms with Crippen molar-refractivity contribution in [1.29, 1.82) is 0 Å². The predicted octanol–water partition coefficient (Wildman–Crippen LogP) is 4.63. The fourth-order valence-electron chi connectivity index (χ4n) is 1.73. The van der Waals surface area contributed by atoms with E-state index in [0.29, 0.717) is 6.42 Å². The first-order valence-electron chi connectivity index (χ1n) is 5.48. The lowest BCUT2D eigenvalue weighted by atomic mass is 10.0. The summed E-state index contributed by atoms with van der Waals surface area (Å²) in [6.07, 6.45) is 1.42. The molecule has 1 aromatic carbocycles. The number of benzene rings is 1. The third kappa shape index (κ3) is 3.51. The Morgan fingerprint density at radius 1 is 1.35 bits per heavy atom. The summed E-state index contributed by atoms with van der Waals surface area (Å²) in [5, 5.41) is 2.04. The van der Waals surface area contributed by atoms with Crippen molar-refractivity contribution in [2.24, 2.45) is 0 Å². The molecule has 0 spiro atoms. The Bertz CT molecular complexity index is 497. The van der Waals surface area contributed by atoms with E-state index >= 15 is 0 Å². The van der Waals surface area contributed by atoms with Gasteiger partial charge in [0.25, 0.3) is 0 Å². The van der Waals surface area contributed by atoms with Gasteiger partial charge in [-0.05, 0) is 48.6 Å². The summed E-state index contributed by atoms with van der Waals surface area (Å²) in [5.41, 5.74) is 1.91. The number of halogens is 1. The highest BCUT2D eigenvalue weighted by molar-refractivity contribution is 9.10. The zero-order valence-electron chi connectivity index (χ0n) is 9.57. The topological polar surface area (TPSA) is 17.1 Å². The normalized spacial score (nSPS) is 10.5. The molecule has 2 aromatic rings. The Morgan fingerprint density at radius 3 is 2.82 bits per heavy atom. The lowest BCUT2D eigenvalue weighted by molar-refractivity contribution is 0.0983. The number of thiophene rings is 1. The Kier molecular flexibility index (Phi) is 4.13. The summed E-state index contributed by atoms with van der Waals surface area (Å²) in [5.74, 6) is 0.211. The number of hydrogen-bond donors (Lipinski definition) is 0. The van der Waals surface area contributed by atoms with Gasteiger partial charge in [-0.2, -0.15) is 0 Å². The van der Waals surface area contributed by atoms with Crippen LogP contribution < -0.4 is 0 Å². The second-order valence-corrected chi connectivity index (χ2v) is 5.97. The molecule has 0 saturated carbocycles. The highest BCUT2D eigenvalue weighted by atomic mass is 79.9. The van der Waals surface area contributed by atoms with Crippen molar-refractivity contribution in [2.75, 3.05) is 0 Å². The summed E-state index contributed by atoms with van der Waals surface area (Å²) in [7, 11) is 0. The van der Waals surface area contributed by atoms with Crippen LogP contribution in [0.4, 0.5) is 0 Å². The molecular formula is C14H13BrOS. The van der Waals surface area contributed by atoms with Crippen molar-refractivity contribution in [1.82, 2.24) is 0 Å². The minimum Gasteiger partial charge on any atom is -0.294 e. The van der Waals surface area contributed by atoms with Crippen LogP contribution in [-0.2, 0) is 6.42 Å². The van der Waals surface area contributed by atoms with Gasteiger partial charge in [0.05, 0.1) is 0 Å². The second kappa shape index (κ2) is 5.61. The van der Waals surface area contributed by atoms with Crippen LogP contribution in [0.5, 0.6) is 0 Å². The Balaban J connectivity index is 2.04. The quantitative estimate of drug-likeness (QED) is 0.752. The molecule has 0 amide bonds. The maximum Gasteiger partial charge on any atom is 0.163 e. The smallest absolute Gasteiger partial charge is 0.163 e. The zero-order chi connectivity index (χ0) is 12.3. The molecule has 0 saturated heterocycles. The molecule has 0 aliphatic carbocycles. The number of hydrogen-bond acceptors (Lipinski definition) is 2. The van der Waals surface area contributed by atoms with Crippen molar-refractivity contribution in [3.8, 4) is 0 Å². The zero-order valence-corrected chi connectivity index (χ0v) is 12.0. The molecule has 0 aliphatic rings. The molecule has 1 nitrogen and oxygen atoms in total. The van der Waals surface area contributed by atoms with Crippen LogP contribution in [0, 0.1) is 6.92 Å². The molecule has 3 heteroatoms. The Labute approximate surface area is 114 Å². The summed E-state index contributed by atoms with van der Waals surface area (Å²) in [4.78, 5) is 13.3. The molecule has 1 heterocycles. The molecule has 0 aliphatic heterocycles. The molecule has 0 radical (unpaired) electrons. The fraction of sp³-hybridized carbons (Fsp3) is 0.214. The monoisotopic (exact) mass is 308 g/mol. The fourth-order valence-corrected chi connectivity index (χ4v) is 3.05. The van der Waals surface area contributed by atoms with E-state index in [0.717, 1.165) is 22.0 Å². The summed E-state index contributed by atoms with van der Waals surface area (Å²) in [6.45, 7) is 2.00. The van der Waals surface area contributed by atoms with E-state index in [1.807, 2.05) is 36.6 Å². The van der Waals surface area contributed by atoms with Crippen LogP contribution in [0.25, 0.3) is 0 Å². The Morgan fingerprint density at radius 2 is 2.18 bits per heavy atom. The van der Waals surface area contributed by atoms with Crippen LogP contribution in [0.3, 0.4) is 0 Å². The van der Waals surface area contributed by atoms with Crippen molar-refractivity contribution < 1.29 is 4.79 Å². The number of aryl methyl sites for hydroxylation is 2. The lowest BCUT2D eigenvalue weighted by Crippen LogP contribution is -2.01.